The fourth-order valence-corrected chi connectivity index (χ4v) is 6.68. The maximum Gasteiger partial charge on any atom is 0.327 e. The van der Waals surface area contributed by atoms with Crippen LogP contribution < -0.4 is 10.6 Å². The second kappa shape index (κ2) is 15.1. The molecule has 4 rings (SSSR count). The van der Waals surface area contributed by atoms with Gasteiger partial charge < -0.3 is 36.0 Å². The quantitative estimate of drug-likeness (QED) is 0.0641. The zero-order valence-corrected chi connectivity index (χ0v) is 26.5. The van der Waals surface area contributed by atoms with Crippen molar-refractivity contribution >= 4 is 70.3 Å². The van der Waals surface area contributed by atoms with Gasteiger partial charge in [0.05, 0.1) is 17.6 Å². The van der Waals surface area contributed by atoms with Crippen LogP contribution in [0.5, 0.6) is 0 Å². The number of nitrogens with one attached hydrogen (secondary N) is 2. The van der Waals surface area contributed by atoms with Crippen molar-refractivity contribution in [1.29, 1.82) is 0 Å². The van der Waals surface area contributed by atoms with Gasteiger partial charge in [0.15, 0.2) is 10.8 Å². The van der Waals surface area contributed by atoms with Crippen LogP contribution in [0.25, 0.3) is 0 Å². The summed E-state index contributed by atoms with van der Waals surface area (Å²) >= 11 is 12.0. The van der Waals surface area contributed by atoms with Crippen LogP contribution >= 0.6 is 35.0 Å². The lowest BCUT2D eigenvalue weighted by Crippen LogP contribution is -2.71. The number of carboxylic acid groups (broad SMARTS) is 2. The van der Waals surface area contributed by atoms with Crippen molar-refractivity contribution in [1.82, 2.24) is 15.5 Å². The number of non-ortho nitro benzene ring substituents is 1. The molecule has 0 saturated carbocycles. The normalized spacial score (nSPS) is 21.4. The summed E-state index contributed by atoms with van der Waals surface area (Å²) < 4.78 is -0.711. The number of carbonyl (C=O) groups is 5. The van der Waals surface area contributed by atoms with E-state index in [2.05, 4.69) is 10.6 Å². The Labute approximate surface area is 276 Å². The highest BCUT2D eigenvalue weighted by atomic mass is 35.5. The second-order valence-corrected chi connectivity index (χ2v) is 13.5. The SMILES string of the molecule is CC1(C)S[C@@H]2[C@H](NC(=O)C(C(=O)O)c3ccccc3)C(=O)N2[C@H]1C(=O)O.O=C(N[C@H](CO)[C@H](O)c1ccc([N+](=O)[O-])cc1)C(Cl)Cl. The minimum atomic E-state index is -1.44. The van der Waals surface area contributed by atoms with Crippen molar-refractivity contribution in [3.05, 3.63) is 75.8 Å². The molecule has 0 bridgehead atoms. The zero-order valence-electron chi connectivity index (χ0n) is 24.1. The van der Waals surface area contributed by atoms with Crippen LogP contribution in [-0.4, -0.2) is 99.6 Å². The Morgan fingerprint density at radius 2 is 1.61 bits per heavy atom. The molecule has 0 radical (unpaired) electrons. The average molecular weight is 702 g/mol. The molecule has 3 amide bonds. The standard InChI is InChI=1S/C17H18N2O6S.C11H12Cl2N2O5/c1-17(2)11(16(24)25)19-13(21)10(14(19)26-17)18-12(20)9(15(22)23)8-6-4-3-5-7-8;12-10(13)11(18)14-8(5-16)9(17)6-1-3-7(4-2-6)15(19)20/h3-7,9-11,14H,1-2H3,(H,18,20)(H,22,23)(H,24,25);1-4,8-10,16-17H,5H2,(H,14,18)/t9?,10-,11+,14-;8-,9-/m11/s1. The second-order valence-electron chi connectivity index (χ2n) is 10.7. The number of hydrogen-bond acceptors (Lipinski definition) is 10. The molecule has 6 N–H and O–H groups in total. The van der Waals surface area contributed by atoms with Gasteiger partial charge in [-0.05, 0) is 37.1 Å². The van der Waals surface area contributed by atoms with E-state index in [1.54, 1.807) is 32.0 Å². The molecule has 18 heteroatoms. The van der Waals surface area contributed by atoms with Crippen molar-refractivity contribution in [3.63, 3.8) is 0 Å². The fraction of sp³-hybridized carbons (Fsp3) is 0.393. The van der Waals surface area contributed by atoms with E-state index in [4.69, 9.17) is 28.3 Å². The molecule has 2 aromatic rings. The molecule has 248 valence electrons. The number of benzene rings is 2. The number of β-lactam (4-membered cyclic amide) rings is 1. The average Bonchev–Trinajstić information content (AvgIpc) is 3.26. The number of nitro benzene ring substituents is 1. The van der Waals surface area contributed by atoms with Gasteiger partial charge in [0, 0.05) is 16.9 Å². The number of aliphatic hydroxyl groups is 2. The summed E-state index contributed by atoms with van der Waals surface area (Å²) in [6.45, 7) is 2.90. The predicted molar refractivity (Wildman–Crippen MR) is 165 cm³/mol. The molecule has 0 aliphatic carbocycles. The van der Waals surface area contributed by atoms with Crippen molar-refractivity contribution in [2.24, 2.45) is 0 Å². The van der Waals surface area contributed by atoms with Crippen LogP contribution in [0.1, 0.15) is 37.0 Å². The summed E-state index contributed by atoms with van der Waals surface area (Å²) in [5.74, 6) is -5.91. The Bertz CT molecular complexity index is 1480. The minimum absolute atomic E-state index is 0.132. The number of hydrogen-bond donors (Lipinski definition) is 6. The molecule has 2 aliphatic rings. The largest absolute Gasteiger partial charge is 0.480 e. The third-order valence-corrected chi connectivity index (χ3v) is 9.13. The fourth-order valence-electron chi connectivity index (χ4n) is 4.93. The van der Waals surface area contributed by atoms with Gasteiger partial charge >= 0.3 is 11.9 Å². The van der Waals surface area contributed by atoms with E-state index < -0.39 is 86.3 Å². The van der Waals surface area contributed by atoms with Gasteiger partial charge in [-0.25, -0.2) is 4.79 Å². The van der Waals surface area contributed by atoms with Crippen molar-refractivity contribution in [3.8, 4) is 0 Å². The van der Waals surface area contributed by atoms with Crippen LogP contribution in [0.3, 0.4) is 0 Å². The molecule has 6 atom stereocenters. The molecule has 0 aromatic heterocycles. The molecule has 15 nitrogen and oxygen atoms in total. The molecule has 2 aliphatic heterocycles. The van der Waals surface area contributed by atoms with Gasteiger partial charge in [-0.3, -0.25) is 29.3 Å². The van der Waals surface area contributed by atoms with E-state index >= 15 is 0 Å². The molecule has 2 fully saturated rings. The number of nitro groups is 1. The third kappa shape index (κ3) is 8.06. The number of nitrogens with zero attached hydrogens (tertiary/aromatic N) is 2. The van der Waals surface area contributed by atoms with Crippen LogP contribution in [0, 0.1) is 10.1 Å². The van der Waals surface area contributed by atoms with Gasteiger partial charge in [-0.2, -0.15) is 0 Å². The number of carboxylic acids is 2. The van der Waals surface area contributed by atoms with E-state index in [-0.39, 0.29) is 5.69 Å². The van der Waals surface area contributed by atoms with Crippen LogP contribution in [0.2, 0.25) is 0 Å². The van der Waals surface area contributed by atoms with Gasteiger partial charge in [0.1, 0.15) is 23.6 Å². The van der Waals surface area contributed by atoms with Crippen LogP contribution in [0.4, 0.5) is 5.69 Å². The smallest absolute Gasteiger partial charge is 0.327 e. The number of thioether (sulfide) groups is 1. The number of aliphatic carboxylic acids is 2. The number of carbonyl (C=O) groups excluding carboxylic acids is 3. The summed E-state index contributed by atoms with van der Waals surface area (Å²) in [5, 5.41) is 52.7. The maximum atomic E-state index is 12.5. The third-order valence-electron chi connectivity index (χ3n) is 7.16. The highest BCUT2D eigenvalue weighted by Crippen LogP contribution is 2.50. The van der Waals surface area contributed by atoms with E-state index in [9.17, 15) is 49.4 Å². The number of amides is 3. The van der Waals surface area contributed by atoms with Crippen molar-refractivity contribution < 1.29 is 49.3 Å². The molecule has 2 heterocycles. The number of alkyl halides is 2. The topological polar surface area (TPSA) is 237 Å². The number of halogens is 2. The first-order valence-electron chi connectivity index (χ1n) is 13.4. The Morgan fingerprint density at radius 3 is 2.09 bits per heavy atom. The molecular weight excluding hydrogens is 671 g/mol. The lowest BCUT2D eigenvalue weighted by atomic mass is 9.94. The van der Waals surface area contributed by atoms with E-state index in [1.165, 1.54) is 53.1 Å². The molecule has 46 heavy (non-hydrogen) atoms. The molecular formula is C28H30Cl2N4O11S. The molecule has 0 spiro atoms. The van der Waals surface area contributed by atoms with Gasteiger partial charge in [0.2, 0.25) is 11.8 Å². The maximum absolute atomic E-state index is 12.5. The summed E-state index contributed by atoms with van der Waals surface area (Å²) in [6.07, 6.45) is -1.25. The zero-order chi connectivity index (χ0) is 34.5. The van der Waals surface area contributed by atoms with Gasteiger partial charge in [-0.15, -0.1) is 11.8 Å². The monoisotopic (exact) mass is 700 g/mol. The highest BCUT2D eigenvalue weighted by Gasteiger charge is 2.64. The summed E-state index contributed by atoms with van der Waals surface area (Å²) in [5.41, 5.74) is 0.478. The Balaban J connectivity index is 0.000000260. The minimum Gasteiger partial charge on any atom is -0.480 e. The first kappa shape index (κ1) is 36.5. The lowest BCUT2D eigenvalue weighted by molar-refractivity contribution is -0.384. The molecule has 2 aromatic carbocycles. The Morgan fingerprint density at radius 1 is 1.02 bits per heavy atom. The first-order valence-corrected chi connectivity index (χ1v) is 15.2. The number of aliphatic hydroxyl groups excluding tert-OH is 2. The molecule has 1 unspecified atom stereocenters. The first-order chi connectivity index (χ1) is 21.5. The summed E-state index contributed by atoms with van der Waals surface area (Å²) in [4.78, 5) is 69.1. The van der Waals surface area contributed by atoms with Crippen molar-refractivity contribution in [2.45, 2.75) is 59.0 Å². The van der Waals surface area contributed by atoms with Gasteiger partial charge in [-0.1, -0.05) is 53.5 Å². The van der Waals surface area contributed by atoms with Gasteiger partial charge in [0.25, 0.3) is 11.6 Å². The van der Waals surface area contributed by atoms with Crippen LogP contribution in [0.15, 0.2) is 54.6 Å². The molecule has 2 saturated heterocycles. The van der Waals surface area contributed by atoms with E-state index in [0.29, 0.717) is 11.1 Å². The predicted octanol–water partition coefficient (Wildman–Crippen LogP) is 1.40. The van der Waals surface area contributed by atoms with Crippen LogP contribution in [-0.2, 0) is 24.0 Å². The number of rotatable bonds is 11. The van der Waals surface area contributed by atoms with E-state index in [1.807, 2.05) is 0 Å². The van der Waals surface area contributed by atoms with E-state index in [0.717, 1.165) is 0 Å². The lowest BCUT2D eigenvalue weighted by Gasteiger charge is -2.43. The van der Waals surface area contributed by atoms with Crippen molar-refractivity contribution in [2.75, 3.05) is 6.61 Å². The Kier molecular flexibility index (Phi) is 12.0. The number of fused-ring (bicyclic) bond motifs is 1. The highest BCUT2D eigenvalue weighted by molar-refractivity contribution is 8.01. The summed E-state index contributed by atoms with van der Waals surface area (Å²) in [6, 6.07) is 10.2. The summed E-state index contributed by atoms with van der Waals surface area (Å²) in [7, 11) is 0. The Hall–Kier alpha value is -3.96.